The maximum atomic E-state index is 13.9. The molecule has 0 N–H and O–H groups in total. The number of hydrogen-bond acceptors (Lipinski definition) is 3. The second kappa shape index (κ2) is 5.32. The van der Waals surface area contributed by atoms with Crippen LogP contribution in [-0.4, -0.2) is 18.4 Å². The minimum absolute atomic E-state index is 0.260. The number of nitrogens with zero attached hydrogens (tertiary/aromatic N) is 1. The molecular weight excluding hydrogens is 269 g/mol. The molecule has 0 saturated carbocycles. The van der Waals surface area contributed by atoms with E-state index in [4.69, 9.17) is 4.74 Å². The van der Waals surface area contributed by atoms with E-state index in [1.807, 2.05) is 18.2 Å². The monoisotopic (exact) mass is 281 g/mol. The lowest BCUT2D eigenvalue weighted by atomic mass is 10.0. The van der Waals surface area contributed by atoms with Gasteiger partial charge in [0.25, 0.3) is 0 Å². The first-order valence-corrected chi connectivity index (χ1v) is 6.42. The van der Waals surface area contributed by atoms with Crippen molar-refractivity contribution in [1.82, 2.24) is 4.98 Å². The number of methoxy groups -OCH3 is 1. The molecule has 3 aromatic rings. The fraction of sp³-hybridized carbons (Fsp3) is 0.0588. The molecule has 0 aliphatic rings. The number of pyridine rings is 1. The maximum absolute atomic E-state index is 13.9. The van der Waals surface area contributed by atoms with E-state index in [0.717, 1.165) is 10.9 Å². The van der Waals surface area contributed by atoms with Gasteiger partial charge in [-0.05, 0) is 29.7 Å². The molecule has 0 fully saturated rings. The van der Waals surface area contributed by atoms with Crippen LogP contribution in [0.25, 0.3) is 22.0 Å². The molecule has 4 heteroatoms. The van der Waals surface area contributed by atoms with Crippen molar-refractivity contribution in [1.29, 1.82) is 0 Å². The summed E-state index contributed by atoms with van der Waals surface area (Å²) in [5.41, 5.74) is 1.78. The first kappa shape index (κ1) is 13.2. The van der Waals surface area contributed by atoms with E-state index in [1.165, 1.54) is 13.2 Å². The Morgan fingerprint density at radius 2 is 2.00 bits per heavy atom. The predicted octanol–water partition coefficient (Wildman–Crippen LogP) is 3.86. The number of aldehydes is 1. The van der Waals surface area contributed by atoms with Crippen LogP contribution in [0.4, 0.5) is 4.39 Å². The molecule has 1 aromatic heterocycles. The van der Waals surface area contributed by atoms with Gasteiger partial charge >= 0.3 is 0 Å². The quantitative estimate of drug-likeness (QED) is 0.684. The van der Waals surface area contributed by atoms with Crippen LogP contribution in [0.5, 0.6) is 5.88 Å². The van der Waals surface area contributed by atoms with E-state index in [2.05, 4.69) is 4.98 Å². The van der Waals surface area contributed by atoms with Crippen LogP contribution in [0.2, 0.25) is 0 Å². The molecule has 3 rings (SSSR count). The zero-order chi connectivity index (χ0) is 14.8. The van der Waals surface area contributed by atoms with Crippen molar-refractivity contribution in [2.24, 2.45) is 0 Å². The Balaban J connectivity index is 2.16. The van der Waals surface area contributed by atoms with Crippen LogP contribution in [-0.2, 0) is 0 Å². The second-order valence-electron chi connectivity index (χ2n) is 4.59. The third-order valence-corrected chi connectivity index (χ3v) is 3.33. The molecule has 21 heavy (non-hydrogen) atoms. The van der Waals surface area contributed by atoms with E-state index < -0.39 is 0 Å². The van der Waals surface area contributed by atoms with Crippen LogP contribution in [0, 0.1) is 5.82 Å². The Bertz CT molecular complexity index is 830. The van der Waals surface area contributed by atoms with Gasteiger partial charge in [-0.2, -0.15) is 0 Å². The molecule has 0 aliphatic heterocycles. The largest absolute Gasteiger partial charge is 0.480 e. The summed E-state index contributed by atoms with van der Waals surface area (Å²) in [5.74, 6) is -0.0121. The fourth-order valence-corrected chi connectivity index (χ4v) is 2.26. The van der Waals surface area contributed by atoms with Crippen LogP contribution < -0.4 is 4.74 Å². The number of fused-ring (bicyclic) bond motifs is 1. The molecule has 2 aromatic carbocycles. The predicted molar refractivity (Wildman–Crippen MR) is 79.1 cm³/mol. The lowest BCUT2D eigenvalue weighted by molar-refractivity contribution is 0.112. The van der Waals surface area contributed by atoms with E-state index in [-0.39, 0.29) is 11.7 Å². The summed E-state index contributed by atoms with van der Waals surface area (Å²) < 4.78 is 18.9. The number of rotatable bonds is 3. The Hall–Kier alpha value is -2.75. The number of carbonyl (C=O) groups excluding carboxylic acids is 1. The lowest BCUT2D eigenvalue weighted by Crippen LogP contribution is -1.95. The highest BCUT2D eigenvalue weighted by Gasteiger charge is 2.08. The van der Waals surface area contributed by atoms with Crippen molar-refractivity contribution in [2.75, 3.05) is 7.11 Å². The second-order valence-corrected chi connectivity index (χ2v) is 4.59. The van der Waals surface area contributed by atoms with Crippen LogP contribution in [0.1, 0.15) is 10.4 Å². The third-order valence-electron chi connectivity index (χ3n) is 3.33. The van der Waals surface area contributed by atoms with Gasteiger partial charge in [0.1, 0.15) is 5.82 Å². The lowest BCUT2D eigenvalue weighted by Gasteiger charge is -2.07. The number of ether oxygens (including phenoxy) is 1. The first-order valence-electron chi connectivity index (χ1n) is 6.42. The average Bonchev–Trinajstić information content (AvgIpc) is 2.54. The normalized spacial score (nSPS) is 10.6. The first-order chi connectivity index (χ1) is 10.2. The zero-order valence-corrected chi connectivity index (χ0v) is 11.3. The van der Waals surface area contributed by atoms with Gasteiger partial charge in [-0.3, -0.25) is 4.79 Å². The fourth-order valence-electron chi connectivity index (χ4n) is 2.26. The molecule has 0 bridgehead atoms. The Morgan fingerprint density at radius 1 is 1.14 bits per heavy atom. The minimum Gasteiger partial charge on any atom is -0.480 e. The highest BCUT2D eigenvalue weighted by molar-refractivity contribution is 5.87. The van der Waals surface area contributed by atoms with Crippen LogP contribution in [0.3, 0.4) is 0 Å². The Kier molecular flexibility index (Phi) is 3.36. The van der Waals surface area contributed by atoms with Gasteiger partial charge in [-0.25, -0.2) is 9.37 Å². The van der Waals surface area contributed by atoms with Gasteiger partial charge in [-0.15, -0.1) is 0 Å². The molecule has 0 spiro atoms. The summed E-state index contributed by atoms with van der Waals surface area (Å²) in [7, 11) is 1.46. The standard InChI is InChI=1S/C17H12FNO2/c1-21-17-13(10-20)7-8-16(19-17)12-6-5-11-3-2-4-15(18)14(11)9-12/h2-10H,1H3. The summed E-state index contributed by atoms with van der Waals surface area (Å²) in [6.07, 6.45) is 0.690. The molecule has 0 radical (unpaired) electrons. The minimum atomic E-state index is -0.272. The highest BCUT2D eigenvalue weighted by Crippen LogP contribution is 2.27. The summed E-state index contributed by atoms with van der Waals surface area (Å²) in [5, 5.41) is 1.37. The SMILES string of the molecule is COc1nc(-c2ccc3cccc(F)c3c2)ccc1C=O. The van der Waals surface area contributed by atoms with E-state index in [0.29, 0.717) is 22.9 Å². The Labute approximate surface area is 121 Å². The average molecular weight is 281 g/mol. The van der Waals surface area contributed by atoms with Gasteiger partial charge < -0.3 is 4.74 Å². The molecular formula is C17H12FNO2. The van der Waals surface area contributed by atoms with Crippen LogP contribution in [0.15, 0.2) is 48.5 Å². The van der Waals surface area contributed by atoms with Crippen molar-refractivity contribution >= 4 is 17.1 Å². The maximum Gasteiger partial charge on any atom is 0.224 e. The van der Waals surface area contributed by atoms with Crippen molar-refractivity contribution in [2.45, 2.75) is 0 Å². The number of benzene rings is 2. The molecule has 0 atom stereocenters. The van der Waals surface area contributed by atoms with Crippen molar-refractivity contribution < 1.29 is 13.9 Å². The van der Waals surface area contributed by atoms with Gasteiger partial charge in [0, 0.05) is 10.9 Å². The molecule has 3 nitrogen and oxygen atoms in total. The molecule has 0 unspecified atom stereocenters. The Morgan fingerprint density at radius 3 is 2.76 bits per heavy atom. The summed E-state index contributed by atoms with van der Waals surface area (Å²) in [6.45, 7) is 0. The van der Waals surface area contributed by atoms with Crippen molar-refractivity contribution in [3.05, 3.63) is 59.9 Å². The van der Waals surface area contributed by atoms with E-state index in [1.54, 1.807) is 24.3 Å². The van der Waals surface area contributed by atoms with Gasteiger partial charge in [0.2, 0.25) is 5.88 Å². The molecule has 104 valence electrons. The third kappa shape index (κ3) is 2.36. The summed E-state index contributed by atoms with van der Waals surface area (Å²) >= 11 is 0. The number of hydrogen-bond donors (Lipinski definition) is 0. The zero-order valence-electron chi connectivity index (χ0n) is 11.3. The number of carbonyl (C=O) groups is 1. The van der Waals surface area contributed by atoms with Crippen molar-refractivity contribution in [3.8, 4) is 17.1 Å². The van der Waals surface area contributed by atoms with Crippen LogP contribution >= 0.6 is 0 Å². The van der Waals surface area contributed by atoms with Gasteiger partial charge in [-0.1, -0.05) is 24.3 Å². The van der Waals surface area contributed by atoms with E-state index >= 15 is 0 Å². The van der Waals surface area contributed by atoms with E-state index in [9.17, 15) is 9.18 Å². The van der Waals surface area contributed by atoms with Gasteiger partial charge in [0.05, 0.1) is 18.4 Å². The molecule has 1 heterocycles. The number of aromatic nitrogens is 1. The topological polar surface area (TPSA) is 39.2 Å². The highest BCUT2D eigenvalue weighted by atomic mass is 19.1. The molecule has 0 amide bonds. The number of halogens is 1. The smallest absolute Gasteiger partial charge is 0.224 e. The molecule has 0 saturated heterocycles. The van der Waals surface area contributed by atoms with Gasteiger partial charge in [0.15, 0.2) is 6.29 Å². The summed E-state index contributed by atoms with van der Waals surface area (Å²) in [6, 6.07) is 13.8. The van der Waals surface area contributed by atoms with Crippen molar-refractivity contribution in [3.63, 3.8) is 0 Å². The molecule has 0 aliphatic carbocycles. The summed E-state index contributed by atoms with van der Waals surface area (Å²) in [4.78, 5) is 15.2.